The first-order valence-corrected chi connectivity index (χ1v) is 7.02. The fraction of sp³-hybridized carbons (Fsp3) is 0.692. The topological polar surface area (TPSA) is 58.0 Å². The van der Waals surface area contributed by atoms with Gasteiger partial charge in [-0.05, 0) is 32.1 Å². The van der Waals surface area contributed by atoms with E-state index in [1.165, 1.54) is 6.33 Å². The molecule has 18 heavy (non-hydrogen) atoms. The SMILES string of the molecule is CCCc1c(Cl)ncnc1NC1CCC(O)CC1. The Morgan fingerprint density at radius 3 is 2.72 bits per heavy atom. The summed E-state index contributed by atoms with van der Waals surface area (Å²) in [4.78, 5) is 8.34. The zero-order valence-corrected chi connectivity index (χ0v) is 11.5. The van der Waals surface area contributed by atoms with Crippen LogP contribution in [0.5, 0.6) is 0 Å². The van der Waals surface area contributed by atoms with Crippen LogP contribution in [0.2, 0.25) is 5.15 Å². The zero-order chi connectivity index (χ0) is 13.0. The van der Waals surface area contributed by atoms with Gasteiger partial charge in [-0.2, -0.15) is 0 Å². The first-order valence-electron chi connectivity index (χ1n) is 6.64. The largest absolute Gasteiger partial charge is 0.393 e. The Morgan fingerprint density at radius 2 is 2.06 bits per heavy atom. The van der Waals surface area contributed by atoms with E-state index in [0.717, 1.165) is 49.9 Å². The molecule has 1 heterocycles. The molecule has 1 aliphatic carbocycles. The molecule has 1 aromatic heterocycles. The summed E-state index contributed by atoms with van der Waals surface area (Å²) < 4.78 is 0. The summed E-state index contributed by atoms with van der Waals surface area (Å²) in [6.45, 7) is 2.12. The van der Waals surface area contributed by atoms with E-state index < -0.39 is 0 Å². The predicted octanol–water partition coefficient (Wildman–Crippen LogP) is 2.80. The van der Waals surface area contributed by atoms with E-state index in [1.54, 1.807) is 0 Å². The van der Waals surface area contributed by atoms with Crippen molar-refractivity contribution in [2.75, 3.05) is 5.32 Å². The number of hydrogen-bond acceptors (Lipinski definition) is 4. The first-order chi connectivity index (χ1) is 8.70. The number of nitrogens with one attached hydrogen (secondary N) is 1. The molecular formula is C13H20ClN3O. The van der Waals surface area contributed by atoms with Gasteiger partial charge in [-0.25, -0.2) is 9.97 Å². The van der Waals surface area contributed by atoms with Gasteiger partial charge in [0.1, 0.15) is 17.3 Å². The van der Waals surface area contributed by atoms with E-state index in [4.69, 9.17) is 11.6 Å². The summed E-state index contributed by atoms with van der Waals surface area (Å²) >= 11 is 6.12. The maximum absolute atomic E-state index is 9.50. The van der Waals surface area contributed by atoms with E-state index in [1.807, 2.05) is 0 Å². The highest BCUT2D eigenvalue weighted by atomic mass is 35.5. The van der Waals surface area contributed by atoms with Gasteiger partial charge >= 0.3 is 0 Å². The number of halogens is 1. The van der Waals surface area contributed by atoms with Crippen molar-refractivity contribution in [3.8, 4) is 0 Å². The standard InChI is InChI=1S/C13H20ClN3O/c1-2-3-11-12(14)15-8-16-13(11)17-9-4-6-10(18)7-5-9/h8-10,18H,2-7H2,1H3,(H,15,16,17). The van der Waals surface area contributed by atoms with Gasteiger partial charge in [0.25, 0.3) is 0 Å². The maximum atomic E-state index is 9.50. The minimum Gasteiger partial charge on any atom is -0.393 e. The fourth-order valence-corrected chi connectivity index (χ4v) is 2.63. The molecular weight excluding hydrogens is 250 g/mol. The highest BCUT2D eigenvalue weighted by Gasteiger charge is 2.20. The molecule has 2 rings (SSSR count). The van der Waals surface area contributed by atoms with Gasteiger partial charge in [0.15, 0.2) is 0 Å². The molecule has 1 aliphatic rings. The molecule has 0 aliphatic heterocycles. The van der Waals surface area contributed by atoms with Crippen LogP contribution in [0.1, 0.15) is 44.6 Å². The van der Waals surface area contributed by atoms with Crippen LogP contribution in [0.15, 0.2) is 6.33 Å². The van der Waals surface area contributed by atoms with Crippen molar-refractivity contribution >= 4 is 17.4 Å². The average Bonchev–Trinajstić information content (AvgIpc) is 2.36. The molecule has 100 valence electrons. The number of hydrogen-bond donors (Lipinski definition) is 2. The highest BCUT2D eigenvalue weighted by Crippen LogP contribution is 2.26. The third kappa shape index (κ3) is 3.33. The highest BCUT2D eigenvalue weighted by molar-refractivity contribution is 6.30. The molecule has 0 saturated heterocycles. The number of rotatable bonds is 4. The van der Waals surface area contributed by atoms with Crippen molar-refractivity contribution < 1.29 is 5.11 Å². The van der Waals surface area contributed by atoms with E-state index in [2.05, 4.69) is 22.2 Å². The van der Waals surface area contributed by atoms with E-state index in [0.29, 0.717) is 11.2 Å². The first kappa shape index (κ1) is 13.6. The van der Waals surface area contributed by atoms with Crippen molar-refractivity contribution in [1.82, 2.24) is 9.97 Å². The van der Waals surface area contributed by atoms with Gasteiger partial charge in [0, 0.05) is 11.6 Å². The number of aromatic nitrogens is 2. The molecule has 5 heteroatoms. The lowest BCUT2D eigenvalue weighted by molar-refractivity contribution is 0.126. The van der Waals surface area contributed by atoms with Crippen molar-refractivity contribution in [2.45, 2.75) is 57.6 Å². The molecule has 1 fully saturated rings. The number of nitrogens with zero attached hydrogens (tertiary/aromatic N) is 2. The van der Waals surface area contributed by atoms with Crippen molar-refractivity contribution in [1.29, 1.82) is 0 Å². The maximum Gasteiger partial charge on any atom is 0.137 e. The van der Waals surface area contributed by atoms with Gasteiger partial charge in [0.05, 0.1) is 6.10 Å². The van der Waals surface area contributed by atoms with Crippen LogP contribution in [0.3, 0.4) is 0 Å². The monoisotopic (exact) mass is 269 g/mol. The molecule has 0 unspecified atom stereocenters. The van der Waals surface area contributed by atoms with Crippen molar-refractivity contribution in [2.24, 2.45) is 0 Å². The van der Waals surface area contributed by atoms with Gasteiger partial charge < -0.3 is 10.4 Å². The summed E-state index contributed by atoms with van der Waals surface area (Å²) in [6.07, 6.45) is 6.96. The number of anilines is 1. The second kappa shape index (κ2) is 6.34. The van der Waals surface area contributed by atoms with Gasteiger partial charge in [-0.3, -0.25) is 0 Å². The van der Waals surface area contributed by atoms with Crippen LogP contribution in [0.4, 0.5) is 5.82 Å². The second-order valence-electron chi connectivity index (χ2n) is 4.89. The van der Waals surface area contributed by atoms with Crippen LogP contribution in [-0.4, -0.2) is 27.2 Å². The molecule has 0 atom stereocenters. The Hall–Kier alpha value is -0.870. The van der Waals surface area contributed by atoms with Gasteiger partial charge in [-0.1, -0.05) is 24.9 Å². The molecule has 1 aromatic rings. The molecule has 0 aromatic carbocycles. The van der Waals surface area contributed by atoms with Gasteiger partial charge in [0.2, 0.25) is 0 Å². The Morgan fingerprint density at radius 1 is 1.33 bits per heavy atom. The Bertz CT molecular complexity index is 392. The quantitative estimate of drug-likeness (QED) is 0.826. The van der Waals surface area contributed by atoms with Crippen molar-refractivity contribution in [3.63, 3.8) is 0 Å². The summed E-state index contributed by atoms with van der Waals surface area (Å²) in [5, 5.41) is 13.5. The third-order valence-corrected chi connectivity index (χ3v) is 3.76. The van der Waals surface area contributed by atoms with E-state index in [9.17, 15) is 5.11 Å². The average molecular weight is 270 g/mol. The Labute approximate surface area is 113 Å². The number of aliphatic hydroxyl groups is 1. The zero-order valence-electron chi connectivity index (χ0n) is 10.7. The fourth-order valence-electron chi connectivity index (χ4n) is 2.40. The smallest absolute Gasteiger partial charge is 0.137 e. The molecule has 2 N–H and O–H groups in total. The summed E-state index contributed by atoms with van der Waals surface area (Å²) in [7, 11) is 0. The van der Waals surface area contributed by atoms with Crippen LogP contribution in [-0.2, 0) is 6.42 Å². The molecule has 0 amide bonds. The summed E-state index contributed by atoms with van der Waals surface area (Å²) in [6, 6.07) is 0.384. The molecule has 0 radical (unpaired) electrons. The second-order valence-corrected chi connectivity index (χ2v) is 5.25. The summed E-state index contributed by atoms with van der Waals surface area (Å²) in [5.74, 6) is 0.859. The lowest BCUT2D eigenvalue weighted by Gasteiger charge is -2.27. The van der Waals surface area contributed by atoms with Crippen LogP contribution in [0, 0.1) is 0 Å². The molecule has 4 nitrogen and oxygen atoms in total. The Kier molecular flexibility index (Phi) is 4.78. The summed E-state index contributed by atoms with van der Waals surface area (Å²) in [5.41, 5.74) is 1.01. The minimum absolute atomic E-state index is 0.132. The minimum atomic E-state index is -0.132. The molecule has 0 spiro atoms. The van der Waals surface area contributed by atoms with Crippen molar-refractivity contribution in [3.05, 3.63) is 17.0 Å². The Balaban J connectivity index is 2.06. The van der Waals surface area contributed by atoms with Gasteiger partial charge in [-0.15, -0.1) is 0 Å². The molecule has 1 saturated carbocycles. The van der Waals surface area contributed by atoms with Crippen LogP contribution >= 0.6 is 11.6 Å². The lowest BCUT2D eigenvalue weighted by Crippen LogP contribution is -2.29. The van der Waals surface area contributed by atoms with Crippen LogP contribution in [0.25, 0.3) is 0 Å². The van der Waals surface area contributed by atoms with E-state index >= 15 is 0 Å². The van der Waals surface area contributed by atoms with Crippen LogP contribution < -0.4 is 5.32 Å². The number of aliphatic hydroxyl groups excluding tert-OH is 1. The molecule has 0 bridgehead atoms. The van der Waals surface area contributed by atoms with E-state index in [-0.39, 0.29) is 6.10 Å². The predicted molar refractivity (Wildman–Crippen MR) is 72.9 cm³/mol. The third-order valence-electron chi connectivity index (χ3n) is 3.43. The lowest BCUT2D eigenvalue weighted by atomic mass is 9.93. The normalized spacial score (nSPS) is 23.9.